The second kappa shape index (κ2) is 10.5. The van der Waals surface area contributed by atoms with Gasteiger partial charge in [-0.1, -0.05) is 13.0 Å². The molecule has 0 unspecified atom stereocenters. The van der Waals surface area contributed by atoms with E-state index in [0.717, 1.165) is 12.5 Å². The van der Waals surface area contributed by atoms with Gasteiger partial charge in [0.25, 0.3) is 11.8 Å². The van der Waals surface area contributed by atoms with Crippen LogP contribution in [-0.2, 0) is 0 Å². The fraction of sp³-hybridized carbons (Fsp3) is 0.520. The molecule has 1 saturated carbocycles. The number of carbonyl (C=O) groups excluding carboxylic acids is 2. The number of aliphatic hydroxyl groups is 1. The monoisotopic (exact) mass is 467 g/mol. The minimum absolute atomic E-state index is 0.0106. The van der Waals surface area contributed by atoms with E-state index >= 15 is 0 Å². The van der Waals surface area contributed by atoms with E-state index in [9.17, 15) is 14.7 Å². The lowest BCUT2D eigenvalue weighted by Crippen LogP contribution is -2.50. The van der Waals surface area contributed by atoms with Crippen molar-refractivity contribution in [3.63, 3.8) is 0 Å². The normalized spacial score (nSPS) is 21.3. The number of hydrogen-bond donors (Lipinski definition) is 2. The predicted molar refractivity (Wildman–Crippen MR) is 128 cm³/mol. The quantitative estimate of drug-likeness (QED) is 0.613. The third-order valence-corrected chi connectivity index (χ3v) is 6.49. The number of anilines is 1. The summed E-state index contributed by atoms with van der Waals surface area (Å²) in [7, 11) is 2.09. The largest absolute Gasteiger partial charge is 0.486 e. The smallest absolute Gasteiger partial charge is 0.275 e. The Kier molecular flexibility index (Phi) is 7.43. The summed E-state index contributed by atoms with van der Waals surface area (Å²) in [5.74, 6) is 0.433. The summed E-state index contributed by atoms with van der Waals surface area (Å²) in [6.07, 6.45) is 6.66. The molecular weight excluding hydrogens is 434 g/mol. The van der Waals surface area contributed by atoms with Crippen LogP contribution in [0.1, 0.15) is 47.5 Å². The molecular formula is C25H33N5O4. The van der Waals surface area contributed by atoms with E-state index in [0.29, 0.717) is 30.1 Å². The maximum Gasteiger partial charge on any atom is 0.275 e. The number of fused-ring (bicyclic) bond motifs is 1. The number of amides is 2. The number of para-hydroxylation sites is 1. The van der Waals surface area contributed by atoms with Crippen molar-refractivity contribution in [2.75, 3.05) is 38.6 Å². The topological polar surface area (TPSA) is 108 Å². The van der Waals surface area contributed by atoms with Crippen molar-refractivity contribution in [3.05, 3.63) is 48.0 Å². The van der Waals surface area contributed by atoms with E-state index in [1.807, 2.05) is 6.92 Å². The van der Waals surface area contributed by atoms with Crippen LogP contribution >= 0.6 is 0 Å². The van der Waals surface area contributed by atoms with Crippen molar-refractivity contribution in [1.29, 1.82) is 0 Å². The first kappa shape index (κ1) is 24.1. The molecule has 2 heterocycles. The molecule has 0 bridgehead atoms. The SMILES string of the molecule is C[C@H](CO)N1C[C@H](C)[C@H](CN(C)CC2CC2)Oc2c(NC(=O)c3cnccn3)cccc2C1=O. The fourth-order valence-electron chi connectivity index (χ4n) is 4.29. The number of hydrogen-bond acceptors (Lipinski definition) is 7. The van der Waals surface area contributed by atoms with Crippen LogP contribution in [0.15, 0.2) is 36.8 Å². The van der Waals surface area contributed by atoms with E-state index < -0.39 is 5.91 Å². The highest BCUT2D eigenvalue weighted by molar-refractivity contribution is 6.06. The van der Waals surface area contributed by atoms with Crippen LogP contribution in [0, 0.1) is 11.8 Å². The molecule has 0 spiro atoms. The number of aliphatic hydroxyl groups excluding tert-OH is 1. The Bertz CT molecular complexity index is 1010. The number of likely N-dealkylation sites (N-methyl/N-ethyl adjacent to an activating group) is 1. The second-order valence-corrected chi connectivity index (χ2v) is 9.51. The maximum absolute atomic E-state index is 13.5. The van der Waals surface area contributed by atoms with Crippen LogP contribution in [0.25, 0.3) is 0 Å². The molecule has 0 radical (unpaired) electrons. The summed E-state index contributed by atoms with van der Waals surface area (Å²) in [4.78, 5) is 38.3. The Labute approximate surface area is 200 Å². The Morgan fingerprint density at radius 1 is 1.32 bits per heavy atom. The summed E-state index contributed by atoms with van der Waals surface area (Å²) >= 11 is 0. The van der Waals surface area contributed by atoms with Crippen molar-refractivity contribution < 1.29 is 19.4 Å². The minimum Gasteiger partial charge on any atom is -0.486 e. The van der Waals surface area contributed by atoms with Crippen LogP contribution in [0.2, 0.25) is 0 Å². The average Bonchev–Trinajstić information content (AvgIpc) is 3.65. The van der Waals surface area contributed by atoms with E-state index in [4.69, 9.17) is 4.74 Å². The highest BCUT2D eigenvalue weighted by Gasteiger charge is 2.35. The van der Waals surface area contributed by atoms with Crippen LogP contribution in [0.5, 0.6) is 5.75 Å². The Morgan fingerprint density at radius 3 is 2.79 bits per heavy atom. The number of nitrogens with one attached hydrogen (secondary N) is 1. The summed E-state index contributed by atoms with van der Waals surface area (Å²) in [5.41, 5.74) is 0.933. The van der Waals surface area contributed by atoms with Gasteiger partial charge in [-0.15, -0.1) is 0 Å². The number of rotatable bonds is 8. The Balaban J connectivity index is 1.68. The molecule has 4 rings (SSSR count). The van der Waals surface area contributed by atoms with Crippen molar-refractivity contribution in [2.45, 2.75) is 38.8 Å². The Hall–Kier alpha value is -3.04. The van der Waals surface area contributed by atoms with Gasteiger partial charge in [0.2, 0.25) is 0 Å². The first-order valence-electron chi connectivity index (χ1n) is 11.8. The predicted octanol–water partition coefficient (Wildman–Crippen LogP) is 2.29. The van der Waals surface area contributed by atoms with E-state index in [-0.39, 0.29) is 36.3 Å². The van der Waals surface area contributed by atoms with Gasteiger partial charge in [0.15, 0.2) is 5.75 Å². The zero-order valence-corrected chi connectivity index (χ0v) is 20.0. The lowest BCUT2D eigenvalue weighted by molar-refractivity contribution is 0.0345. The van der Waals surface area contributed by atoms with Gasteiger partial charge in [0.05, 0.1) is 30.1 Å². The lowest BCUT2D eigenvalue weighted by Gasteiger charge is -2.38. The summed E-state index contributed by atoms with van der Waals surface area (Å²) < 4.78 is 6.52. The molecule has 1 aliphatic heterocycles. The lowest BCUT2D eigenvalue weighted by atomic mass is 9.99. The Morgan fingerprint density at radius 2 is 2.12 bits per heavy atom. The first-order valence-corrected chi connectivity index (χ1v) is 11.8. The van der Waals surface area contributed by atoms with E-state index in [2.05, 4.69) is 34.2 Å². The first-order chi connectivity index (χ1) is 16.4. The molecule has 9 nitrogen and oxygen atoms in total. The van der Waals surface area contributed by atoms with Gasteiger partial charge in [0.1, 0.15) is 11.8 Å². The number of carbonyl (C=O) groups is 2. The second-order valence-electron chi connectivity index (χ2n) is 9.51. The van der Waals surface area contributed by atoms with Gasteiger partial charge >= 0.3 is 0 Å². The molecule has 1 aromatic heterocycles. The number of aromatic nitrogens is 2. The molecule has 1 aliphatic carbocycles. The van der Waals surface area contributed by atoms with Crippen molar-refractivity contribution >= 4 is 17.5 Å². The minimum atomic E-state index is -0.435. The van der Waals surface area contributed by atoms with Crippen LogP contribution in [0.4, 0.5) is 5.69 Å². The molecule has 2 aliphatic rings. The van der Waals surface area contributed by atoms with Crippen LogP contribution in [-0.4, -0.2) is 82.1 Å². The van der Waals surface area contributed by atoms with Gasteiger partial charge in [-0.3, -0.25) is 14.6 Å². The van der Waals surface area contributed by atoms with Gasteiger partial charge in [-0.05, 0) is 44.9 Å². The molecule has 2 N–H and O–H groups in total. The summed E-state index contributed by atoms with van der Waals surface area (Å²) in [6, 6.07) is 4.79. The van der Waals surface area contributed by atoms with E-state index in [1.54, 1.807) is 23.1 Å². The summed E-state index contributed by atoms with van der Waals surface area (Å²) in [6.45, 7) is 5.94. The average molecular weight is 468 g/mol. The van der Waals surface area contributed by atoms with Crippen molar-refractivity contribution in [1.82, 2.24) is 19.8 Å². The molecule has 3 atom stereocenters. The zero-order chi connectivity index (χ0) is 24.2. The van der Waals surface area contributed by atoms with Crippen LogP contribution in [0.3, 0.4) is 0 Å². The number of nitrogens with zero attached hydrogens (tertiary/aromatic N) is 4. The van der Waals surface area contributed by atoms with Gasteiger partial charge < -0.3 is 25.0 Å². The highest BCUT2D eigenvalue weighted by atomic mass is 16.5. The number of benzene rings is 1. The van der Waals surface area contributed by atoms with Crippen LogP contribution < -0.4 is 10.1 Å². The van der Waals surface area contributed by atoms with E-state index in [1.165, 1.54) is 31.4 Å². The molecule has 1 aromatic carbocycles. The molecule has 2 amide bonds. The number of ether oxygens (including phenoxy) is 1. The third kappa shape index (κ3) is 5.53. The maximum atomic E-state index is 13.5. The zero-order valence-electron chi connectivity index (χ0n) is 20.0. The molecule has 1 fully saturated rings. The fourth-order valence-corrected chi connectivity index (χ4v) is 4.29. The standard InChI is InChI=1S/C25H33N5O4/c1-16-12-30(17(2)15-31)25(33)19-5-4-6-20(28-24(32)21-11-26-9-10-27-21)23(19)34-22(16)14-29(3)13-18-7-8-18/h4-6,9-11,16-18,22,31H,7-8,12-15H2,1-3H3,(H,28,32)/t16-,17+,22-/m0/s1. The molecule has 9 heteroatoms. The molecule has 182 valence electrons. The van der Waals surface area contributed by atoms with Gasteiger partial charge in [-0.25, -0.2) is 4.98 Å². The van der Waals surface area contributed by atoms with Gasteiger partial charge in [0, 0.05) is 37.9 Å². The third-order valence-electron chi connectivity index (χ3n) is 6.49. The molecule has 0 saturated heterocycles. The highest BCUT2D eigenvalue weighted by Crippen LogP contribution is 2.35. The summed E-state index contributed by atoms with van der Waals surface area (Å²) in [5, 5.41) is 12.7. The molecule has 2 aromatic rings. The molecule has 34 heavy (non-hydrogen) atoms. The van der Waals surface area contributed by atoms with Gasteiger partial charge in [-0.2, -0.15) is 0 Å². The van der Waals surface area contributed by atoms with Crippen molar-refractivity contribution in [3.8, 4) is 5.75 Å². The van der Waals surface area contributed by atoms with Crippen molar-refractivity contribution in [2.24, 2.45) is 11.8 Å².